The Labute approximate surface area is 144 Å². The number of amides is 1. The van der Waals surface area contributed by atoms with Gasteiger partial charge in [-0.1, -0.05) is 52.9 Å². The van der Waals surface area contributed by atoms with E-state index in [2.05, 4.69) is 15.5 Å². The Morgan fingerprint density at radius 2 is 2.05 bits per heavy atom. The summed E-state index contributed by atoms with van der Waals surface area (Å²) in [6.45, 7) is 0. The smallest absolute Gasteiger partial charge is 0.267 e. The monoisotopic (exact) mass is 367 g/mol. The number of thiophene rings is 1. The summed E-state index contributed by atoms with van der Waals surface area (Å²) in [6.07, 6.45) is 0. The summed E-state index contributed by atoms with van der Waals surface area (Å²) in [5, 5.41) is 13.9. The van der Waals surface area contributed by atoms with Gasteiger partial charge in [-0.05, 0) is 29.1 Å². The second kappa shape index (κ2) is 7.23. The van der Waals surface area contributed by atoms with Crippen molar-refractivity contribution in [3.8, 4) is 0 Å². The number of hydrogen-bond acceptors (Lipinski definition) is 6. The van der Waals surface area contributed by atoms with E-state index in [1.54, 1.807) is 17.8 Å². The van der Waals surface area contributed by atoms with E-state index in [1.165, 1.54) is 22.7 Å². The molecule has 3 aromatic rings. The zero-order valence-corrected chi connectivity index (χ0v) is 14.4. The van der Waals surface area contributed by atoms with Gasteiger partial charge < -0.3 is 0 Å². The molecule has 0 saturated carbocycles. The number of halogens is 1. The van der Waals surface area contributed by atoms with E-state index >= 15 is 0 Å². The Morgan fingerprint density at radius 3 is 2.77 bits per heavy atom. The molecule has 1 aromatic carbocycles. The van der Waals surface area contributed by atoms with Gasteiger partial charge in [-0.2, -0.15) is 0 Å². The molecule has 1 N–H and O–H groups in total. The zero-order valence-electron chi connectivity index (χ0n) is 11.2. The molecule has 22 heavy (non-hydrogen) atoms. The second-order valence-corrected chi connectivity index (χ2v) is 7.80. The molecule has 8 heteroatoms. The Morgan fingerprint density at radius 1 is 1.23 bits per heavy atom. The normalized spacial score (nSPS) is 10.6. The minimum absolute atomic E-state index is 0.152. The standard InChI is InChI=1S/C14H10ClN3OS3/c15-10-5-3-9(4-6-10)8-21-14-18-17-13(22-14)16-12(19)11-2-1-7-20-11/h1-7H,8H2,(H,16,17,19). The van der Waals surface area contributed by atoms with Crippen molar-refractivity contribution >= 4 is 57.1 Å². The van der Waals surface area contributed by atoms with Crippen LogP contribution in [0.5, 0.6) is 0 Å². The molecular weight excluding hydrogens is 358 g/mol. The first kappa shape index (κ1) is 15.5. The van der Waals surface area contributed by atoms with Gasteiger partial charge in [-0.15, -0.1) is 21.5 Å². The van der Waals surface area contributed by atoms with Crippen LogP contribution in [0.1, 0.15) is 15.2 Å². The first-order chi connectivity index (χ1) is 10.7. The van der Waals surface area contributed by atoms with Crippen LogP contribution in [-0.2, 0) is 5.75 Å². The molecule has 0 saturated heterocycles. The summed E-state index contributed by atoms with van der Waals surface area (Å²) in [5.74, 6) is 0.630. The Kier molecular flexibility index (Phi) is 5.09. The number of nitrogens with one attached hydrogen (secondary N) is 1. The summed E-state index contributed by atoms with van der Waals surface area (Å²) >= 11 is 10.2. The average molecular weight is 368 g/mol. The van der Waals surface area contributed by atoms with Crippen LogP contribution in [0.25, 0.3) is 0 Å². The van der Waals surface area contributed by atoms with Crippen LogP contribution in [0.2, 0.25) is 5.02 Å². The van der Waals surface area contributed by atoms with Crippen LogP contribution in [0.15, 0.2) is 46.1 Å². The molecule has 0 aliphatic carbocycles. The van der Waals surface area contributed by atoms with Gasteiger partial charge in [-0.25, -0.2) is 0 Å². The number of carbonyl (C=O) groups excluding carboxylic acids is 1. The maximum atomic E-state index is 11.9. The van der Waals surface area contributed by atoms with Crippen LogP contribution >= 0.6 is 46.0 Å². The molecule has 1 amide bonds. The van der Waals surface area contributed by atoms with E-state index in [0.29, 0.717) is 10.0 Å². The summed E-state index contributed by atoms with van der Waals surface area (Å²) in [4.78, 5) is 12.6. The maximum Gasteiger partial charge on any atom is 0.267 e. The van der Waals surface area contributed by atoms with Gasteiger partial charge in [0, 0.05) is 10.8 Å². The first-order valence-corrected chi connectivity index (χ1v) is 9.32. The lowest BCUT2D eigenvalue weighted by Gasteiger charge is -1.98. The molecular formula is C14H10ClN3OS3. The molecule has 4 nitrogen and oxygen atoms in total. The fourth-order valence-electron chi connectivity index (χ4n) is 1.61. The Bertz CT molecular complexity index is 756. The SMILES string of the molecule is O=C(Nc1nnc(SCc2ccc(Cl)cc2)s1)c1cccs1. The van der Waals surface area contributed by atoms with Crippen molar-refractivity contribution in [2.24, 2.45) is 0 Å². The van der Waals surface area contributed by atoms with Crippen LogP contribution in [0.3, 0.4) is 0 Å². The highest BCUT2D eigenvalue weighted by Crippen LogP contribution is 2.29. The molecule has 0 unspecified atom stereocenters. The van der Waals surface area contributed by atoms with Crippen molar-refractivity contribution in [1.29, 1.82) is 0 Å². The zero-order chi connectivity index (χ0) is 15.4. The van der Waals surface area contributed by atoms with E-state index in [-0.39, 0.29) is 5.91 Å². The fourth-order valence-corrected chi connectivity index (χ4v) is 4.06. The summed E-state index contributed by atoms with van der Waals surface area (Å²) in [6, 6.07) is 11.3. The van der Waals surface area contributed by atoms with Gasteiger partial charge in [0.1, 0.15) is 0 Å². The average Bonchev–Trinajstić information content (AvgIpc) is 3.18. The molecule has 0 spiro atoms. The molecule has 112 valence electrons. The lowest BCUT2D eigenvalue weighted by molar-refractivity contribution is 0.103. The molecule has 0 atom stereocenters. The van der Waals surface area contributed by atoms with Crippen molar-refractivity contribution < 1.29 is 4.79 Å². The summed E-state index contributed by atoms with van der Waals surface area (Å²) in [7, 11) is 0. The molecule has 0 fully saturated rings. The van der Waals surface area contributed by atoms with Crippen LogP contribution in [0, 0.1) is 0 Å². The summed E-state index contributed by atoms with van der Waals surface area (Å²) < 4.78 is 0.816. The molecule has 0 aliphatic rings. The molecule has 0 aliphatic heterocycles. The lowest BCUT2D eigenvalue weighted by Crippen LogP contribution is -2.09. The third-order valence-corrected chi connectivity index (χ3v) is 5.81. The number of anilines is 1. The third-order valence-electron chi connectivity index (χ3n) is 2.65. The molecule has 0 radical (unpaired) electrons. The van der Waals surface area contributed by atoms with Gasteiger partial charge in [0.2, 0.25) is 5.13 Å². The van der Waals surface area contributed by atoms with Gasteiger partial charge in [0.15, 0.2) is 4.34 Å². The number of aromatic nitrogens is 2. The van der Waals surface area contributed by atoms with Crippen LogP contribution < -0.4 is 5.32 Å². The topological polar surface area (TPSA) is 54.9 Å². The number of nitrogens with zero attached hydrogens (tertiary/aromatic N) is 2. The first-order valence-electron chi connectivity index (χ1n) is 6.26. The molecule has 3 rings (SSSR count). The van der Waals surface area contributed by atoms with Gasteiger partial charge >= 0.3 is 0 Å². The number of thioether (sulfide) groups is 1. The van der Waals surface area contributed by atoms with Crippen molar-refractivity contribution in [3.63, 3.8) is 0 Å². The predicted octanol–water partition coefficient (Wildman–Crippen LogP) is 4.80. The Hall–Kier alpha value is -1.41. The maximum absolute atomic E-state index is 11.9. The number of carbonyl (C=O) groups is 1. The minimum Gasteiger partial charge on any atom is -0.296 e. The minimum atomic E-state index is -0.152. The number of rotatable bonds is 5. The molecule has 2 heterocycles. The molecule has 0 bridgehead atoms. The number of hydrogen-bond donors (Lipinski definition) is 1. The third kappa shape index (κ3) is 4.07. The summed E-state index contributed by atoms with van der Waals surface area (Å²) in [5.41, 5.74) is 1.16. The van der Waals surface area contributed by atoms with Crippen LogP contribution in [0.4, 0.5) is 5.13 Å². The van der Waals surface area contributed by atoms with Crippen molar-refractivity contribution in [3.05, 3.63) is 57.2 Å². The van der Waals surface area contributed by atoms with Gasteiger partial charge in [-0.3, -0.25) is 10.1 Å². The van der Waals surface area contributed by atoms with Crippen molar-refractivity contribution in [2.75, 3.05) is 5.32 Å². The van der Waals surface area contributed by atoms with Gasteiger partial charge in [0.05, 0.1) is 4.88 Å². The van der Waals surface area contributed by atoms with Crippen molar-refractivity contribution in [2.45, 2.75) is 10.1 Å². The lowest BCUT2D eigenvalue weighted by atomic mass is 10.2. The highest BCUT2D eigenvalue weighted by Gasteiger charge is 2.11. The number of benzene rings is 1. The van der Waals surface area contributed by atoms with E-state index < -0.39 is 0 Å². The fraction of sp³-hybridized carbons (Fsp3) is 0.0714. The van der Waals surface area contributed by atoms with Crippen LogP contribution in [-0.4, -0.2) is 16.1 Å². The second-order valence-electron chi connectivity index (χ2n) is 4.22. The predicted molar refractivity (Wildman–Crippen MR) is 93.2 cm³/mol. The van der Waals surface area contributed by atoms with E-state index in [4.69, 9.17) is 11.6 Å². The quantitative estimate of drug-likeness (QED) is 0.520. The van der Waals surface area contributed by atoms with E-state index in [9.17, 15) is 4.79 Å². The van der Waals surface area contributed by atoms with Gasteiger partial charge in [0.25, 0.3) is 5.91 Å². The highest BCUT2D eigenvalue weighted by atomic mass is 35.5. The van der Waals surface area contributed by atoms with E-state index in [1.807, 2.05) is 35.7 Å². The Balaban J connectivity index is 1.57. The molecule has 2 aromatic heterocycles. The largest absolute Gasteiger partial charge is 0.296 e. The highest BCUT2D eigenvalue weighted by molar-refractivity contribution is 8.00. The van der Waals surface area contributed by atoms with Crippen molar-refractivity contribution in [1.82, 2.24) is 10.2 Å². The van der Waals surface area contributed by atoms with E-state index in [0.717, 1.165) is 20.7 Å².